The van der Waals surface area contributed by atoms with Crippen LogP contribution < -0.4 is 0 Å². The molecule has 2 unspecified atom stereocenters. The summed E-state index contributed by atoms with van der Waals surface area (Å²) in [6.07, 6.45) is 3.35. The number of ketones is 1. The van der Waals surface area contributed by atoms with Gasteiger partial charge in [0, 0.05) is 0 Å². The minimum absolute atomic E-state index is 0.0228. The van der Waals surface area contributed by atoms with Gasteiger partial charge < -0.3 is 4.74 Å². The molecule has 1 aromatic carbocycles. The van der Waals surface area contributed by atoms with Gasteiger partial charge >= 0.3 is 0 Å². The fourth-order valence-corrected chi connectivity index (χ4v) is 2.97. The fraction of sp³-hybridized carbons (Fsp3) is 0.562. The molecule has 0 N–H and O–H groups in total. The zero-order valence-corrected chi connectivity index (χ0v) is 11.6. The fourth-order valence-electron chi connectivity index (χ4n) is 2.97. The molecule has 0 aliphatic heterocycles. The molecule has 2 nitrogen and oxygen atoms in total. The van der Waals surface area contributed by atoms with Crippen molar-refractivity contribution in [1.29, 1.82) is 0 Å². The quantitative estimate of drug-likeness (QED) is 0.772. The first-order chi connectivity index (χ1) is 9.06. The molecule has 0 saturated heterocycles. The third kappa shape index (κ3) is 3.87. The van der Waals surface area contributed by atoms with Crippen LogP contribution in [-0.4, -0.2) is 18.5 Å². The van der Waals surface area contributed by atoms with Gasteiger partial charge in [0.05, 0.1) is 11.7 Å². The second kappa shape index (κ2) is 6.29. The molecule has 0 heterocycles. The van der Waals surface area contributed by atoms with Crippen molar-refractivity contribution in [3.8, 4) is 0 Å². The molecule has 104 valence electrons. The molecular weight excluding hydrogens is 243 g/mol. The van der Waals surface area contributed by atoms with Crippen LogP contribution in [0.5, 0.6) is 0 Å². The number of hydrogen-bond donors (Lipinski definition) is 0. The van der Waals surface area contributed by atoms with E-state index in [9.17, 15) is 9.18 Å². The van der Waals surface area contributed by atoms with Gasteiger partial charge in [-0.2, -0.15) is 0 Å². The van der Waals surface area contributed by atoms with Crippen LogP contribution >= 0.6 is 0 Å². The van der Waals surface area contributed by atoms with Crippen LogP contribution in [-0.2, 0) is 4.74 Å². The lowest BCUT2D eigenvalue weighted by molar-refractivity contribution is 0.00548. The Hall–Kier alpha value is -1.22. The van der Waals surface area contributed by atoms with Crippen LogP contribution in [0, 0.1) is 17.7 Å². The molecule has 0 spiro atoms. The molecule has 2 atom stereocenters. The Kier molecular flexibility index (Phi) is 4.70. The summed E-state index contributed by atoms with van der Waals surface area (Å²) in [6.45, 7) is 4.40. The van der Waals surface area contributed by atoms with E-state index in [1.165, 1.54) is 18.6 Å². The molecule has 19 heavy (non-hydrogen) atoms. The second-order valence-electron chi connectivity index (χ2n) is 5.75. The van der Waals surface area contributed by atoms with E-state index in [4.69, 9.17) is 4.74 Å². The first kappa shape index (κ1) is 14.2. The van der Waals surface area contributed by atoms with Crippen molar-refractivity contribution in [2.24, 2.45) is 11.8 Å². The van der Waals surface area contributed by atoms with Gasteiger partial charge in [-0.25, -0.2) is 4.39 Å². The van der Waals surface area contributed by atoms with Crippen molar-refractivity contribution in [2.75, 3.05) is 6.61 Å². The number of benzene rings is 1. The van der Waals surface area contributed by atoms with E-state index in [1.807, 2.05) is 0 Å². The minimum atomic E-state index is -0.471. The van der Waals surface area contributed by atoms with Gasteiger partial charge in [0.1, 0.15) is 12.4 Å². The highest BCUT2D eigenvalue weighted by Crippen LogP contribution is 2.30. The van der Waals surface area contributed by atoms with Crippen molar-refractivity contribution in [2.45, 2.75) is 39.2 Å². The molecular formula is C16H21FO2. The average molecular weight is 264 g/mol. The highest BCUT2D eigenvalue weighted by molar-refractivity contribution is 5.97. The van der Waals surface area contributed by atoms with Gasteiger partial charge in [-0.15, -0.1) is 0 Å². The van der Waals surface area contributed by atoms with Gasteiger partial charge in [-0.05, 0) is 43.2 Å². The number of hydrogen-bond acceptors (Lipinski definition) is 2. The number of Topliss-reactive ketones (excluding diaryl/α,β-unsaturated/α-hetero) is 1. The maximum Gasteiger partial charge on any atom is 0.191 e. The molecule has 1 saturated carbocycles. The van der Waals surface area contributed by atoms with E-state index < -0.39 is 5.82 Å². The molecule has 0 bridgehead atoms. The summed E-state index contributed by atoms with van der Waals surface area (Å²) in [4.78, 5) is 11.9. The number of ether oxygens (including phenoxy) is 1. The summed E-state index contributed by atoms with van der Waals surface area (Å²) in [5, 5.41) is 0. The van der Waals surface area contributed by atoms with Gasteiger partial charge in [-0.3, -0.25) is 4.79 Å². The zero-order chi connectivity index (χ0) is 13.8. The number of rotatable bonds is 4. The van der Waals surface area contributed by atoms with E-state index >= 15 is 0 Å². The van der Waals surface area contributed by atoms with Crippen molar-refractivity contribution in [1.82, 2.24) is 0 Å². The standard InChI is InChI=1S/C16H21FO2/c1-11-7-12(2)9-13(8-11)19-10-16(18)14-5-3-4-6-15(14)17/h3-6,11-13H,7-10H2,1-2H3. The monoisotopic (exact) mass is 264 g/mol. The Balaban J connectivity index is 1.89. The van der Waals surface area contributed by atoms with Gasteiger partial charge in [-0.1, -0.05) is 26.0 Å². The lowest BCUT2D eigenvalue weighted by atomic mass is 9.82. The van der Waals surface area contributed by atoms with Crippen molar-refractivity contribution < 1.29 is 13.9 Å². The Bertz CT molecular complexity index is 434. The molecule has 0 aromatic heterocycles. The van der Waals surface area contributed by atoms with E-state index in [-0.39, 0.29) is 24.1 Å². The molecule has 2 rings (SSSR count). The van der Waals surface area contributed by atoms with Gasteiger partial charge in [0.15, 0.2) is 5.78 Å². The summed E-state index contributed by atoms with van der Waals surface area (Å²) < 4.78 is 19.1. The molecule has 1 aromatic rings. The smallest absolute Gasteiger partial charge is 0.191 e. The van der Waals surface area contributed by atoms with Crippen LogP contribution in [0.1, 0.15) is 43.5 Å². The summed E-state index contributed by atoms with van der Waals surface area (Å²) in [5.41, 5.74) is 0.124. The van der Waals surface area contributed by atoms with Crippen LogP contribution in [0.3, 0.4) is 0 Å². The Morgan fingerprint density at radius 1 is 1.21 bits per heavy atom. The second-order valence-corrected chi connectivity index (χ2v) is 5.75. The number of carbonyl (C=O) groups is 1. The lowest BCUT2D eigenvalue weighted by Gasteiger charge is -2.31. The van der Waals surface area contributed by atoms with Crippen LogP contribution in [0.15, 0.2) is 24.3 Å². The highest BCUT2D eigenvalue weighted by Gasteiger charge is 2.25. The van der Waals surface area contributed by atoms with Crippen LogP contribution in [0.2, 0.25) is 0 Å². The average Bonchev–Trinajstić information content (AvgIpc) is 2.35. The van der Waals surface area contributed by atoms with Crippen molar-refractivity contribution in [3.05, 3.63) is 35.6 Å². The van der Waals surface area contributed by atoms with E-state index in [0.717, 1.165) is 12.8 Å². The lowest BCUT2D eigenvalue weighted by Crippen LogP contribution is -2.28. The third-order valence-electron chi connectivity index (χ3n) is 3.76. The van der Waals surface area contributed by atoms with E-state index in [0.29, 0.717) is 11.8 Å². The SMILES string of the molecule is CC1CC(C)CC(OCC(=O)c2ccccc2F)C1. The predicted molar refractivity (Wildman–Crippen MR) is 72.6 cm³/mol. The predicted octanol–water partition coefficient (Wildman–Crippen LogP) is 3.85. The van der Waals surface area contributed by atoms with Gasteiger partial charge in [0.2, 0.25) is 0 Å². The van der Waals surface area contributed by atoms with E-state index in [1.54, 1.807) is 12.1 Å². The summed E-state index contributed by atoms with van der Waals surface area (Å²) in [5.74, 6) is 0.528. The molecule has 0 radical (unpaired) electrons. The van der Waals surface area contributed by atoms with Crippen molar-refractivity contribution >= 4 is 5.78 Å². The zero-order valence-electron chi connectivity index (χ0n) is 11.6. The van der Waals surface area contributed by atoms with Crippen LogP contribution in [0.4, 0.5) is 4.39 Å². The molecule has 1 fully saturated rings. The van der Waals surface area contributed by atoms with E-state index in [2.05, 4.69) is 13.8 Å². The molecule has 0 amide bonds. The summed E-state index contributed by atoms with van der Waals surface area (Å²) >= 11 is 0. The van der Waals surface area contributed by atoms with Crippen LogP contribution in [0.25, 0.3) is 0 Å². The topological polar surface area (TPSA) is 26.3 Å². The summed E-state index contributed by atoms with van der Waals surface area (Å²) in [7, 11) is 0. The minimum Gasteiger partial charge on any atom is -0.370 e. The number of halogens is 1. The maximum absolute atomic E-state index is 13.5. The molecule has 1 aliphatic rings. The first-order valence-corrected chi connectivity index (χ1v) is 6.95. The molecule has 1 aliphatic carbocycles. The Morgan fingerprint density at radius 2 is 1.84 bits per heavy atom. The molecule has 3 heteroatoms. The number of carbonyl (C=O) groups excluding carboxylic acids is 1. The van der Waals surface area contributed by atoms with Crippen molar-refractivity contribution in [3.63, 3.8) is 0 Å². The Morgan fingerprint density at radius 3 is 2.47 bits per heavy atom. The summed E-state index contributed by atoms with van der Waals surface area (Å²) in [6, 6.07) is 6.06. The highest BCUT2D eigenvalue weighted by atomic mass is 19.1. The van der Waals surface area contributed by atoms with Gasteiger partial charge in [0.25, 0.3) is 0 Å². The largest absolute Gasteiger partial charge is 0.370 e. The first-order valence-electron chi connectivity index (χ1n) is 6.95. The Labute approximate surface area is 114 Å². The normalized spacial score (nSPS) is 27.2. The third-order valence-corrected chi connectivity index (χ3v) is 3.76. The maximum atomic E-state index is 13.5.